The molecule has 0 aromatic carbocycles. The molecule has 0 unspecified atom stereocenters. The third-order valence-electron chi connectivity index (χ3n) is 2.64. The first kappa shape index (κ1) is 12.8. The lowest BCUT2D eigenvalue weighted by Gasteiger charge is -2.09. The molecule has 6 nitrogen and oxygen atoms in total. The van der Waals surface area contributed by atoms with Crippen LogP contribution in [-0.4, -0.2) is 19.3 Å². The molecule has 96 valence electrons. The smallest absolute Gasteiger partial charge is 0.267 e. The molecule has 0 bridgehead atoms. The summed E-state index contributed by atoms with van der Waals surface area (Å²) < 4.78 is 3.90. The minimum atomic E-state index is -0.0533. The topological polar surface area (TPSA) is 78.7 Å². The summed E-state index contributed by atoms with van der Waals surface area (Å²) in [5.74, 6) is 1.22. The van der Waals surface area contributed by atoms with Gasteiger partial charge in [-0.25, -0.2) is 4.98 Å². The first-order valence-corrected chi connectivity index (χ1v) is 6.38. The quantitative estimate of drug-likeness (QED) is 0.919. The van der Waals surface area contributed by atoms with Crippen molar-refractivity contribution in [2.45, 2.75) is 26.4 Å². The summed E-state index contributed by atoms with van der Waals surface area (Å²) in [6, 6.07) is 1.75. The van der Waals surface area contributed by atoms with Crippen LogP contribution in [0, 0.1) is 6.92 Å². The van der Waals surface area contributed by atoms with E-state index in [0.29, 0.717) is 22.7 Å². The molecule has 2 N–H and O–H groups in total. The van der Waals surface area contributed by atoms with Crippen molar-refractivity contribution in [2.75, 3.05) is 5.73 Å². The SMILES string of the molecule is Cc1ncc(Br)c(=O)n1CCCn1ccc(N)n1. The van der Waals surface area contributed by atoms with Gasteiger partial charge in [0.15, 0.2) is 0 Å². The standard InChI is InChI=1S/C11H14BrN5O/c1-8-14-7-9(12)11(18)17(8)5-2-4-16-6-3-10(13)15-16/h3,6-7H,2,4-5H2,1H3,(H2,13,15). The van der Waals surface area contributed by atoms with Crippen LogP contribution in [0.1, 0.15) is 12.2 Å². The highest BCUT2D eigenvalue weighted by molar-refractivity contribution is 9.10. The Morgan fingerprint density at radius 1 is 1.44 bits per heavy atom. The van der Waals surface area contributed by atoms with E-state index in [2.05, 4.69) is 26.0 Å². The van der Waals surface area contributed by atoms with Crippen LogP contribution in [0.4, 0.5) is 5.82 Å². The average molecular weight is 312 g/mol. The lowest BCUT2D eigenvalue weighted by atomic mass is 10.4. The number of nitrogen functional groups attached to an aromatic ring is 1. The van der Waals surface area contributed by atoms with Crippen molar-refractivity contribution in [1.29, 1.82) is 0 Å². The second-order valence-electron chi connectivity index (χ2n) is 3.97. The first-order valence-electron chi connectivity index (χ1n) is 5.59. The Balaban J connectivity index is 2.03. The zero-order chi connectivity index (χ0) is 13.1. The molecule has 0 radical (unpaired) electrons. The predicted octanol–water partition coefficient (Wildman–Crippen LogP) is 1.18. The molecule has 2 rings (SSSR count). The summed E-state index contributed by atoms with van der Waals surface area (Å²) >= 11 is 3.19. The predicted molar refractivity (Wildman–Crippen MR) is 72.2 cm³/mol. The molecule has 2 aromatic heterocycles. The highest BCUT2D eigenvalue weighted by Crippen LogP contribution is 2.03. The lowest BCUT2D eigenvalue weighted by Crippen LogP contribution is -2.24. The van der Waals surface area contributed by atoms with E-state index in [1.165, 1.54) is 6.20 Å². The van der Waals surface area contributed by atoms with Crippen molar-refractivity contribution < 1.29 is 0 Å². The van der Waals surface area contributed by atoms with Gasteiger partial charge in [-0.2, -0.15) is 5.10 Å². The van der Waals surface area contributed by atoms with Crippen LogP contribution in [-0.2, 0) is 13.1 Å². The summed E-state index contributed by atoms with van der Waals surface area (Å²) in [7, 11) is 0. The van der Waals surface area contributed by atoms with E-state index in [-0.39, 0.29) is 5.56 Å². The van der Waals surface area contributed by atoms with Gasteiger partial charge >= 0.3 is 0 Å². The summed E-state index contributed by atoms with van der Waals surface area (Å²) in [5.41, 5.74) is 5.47. The van der Waals surface area contributed by atoms with Gasteiger partial charge in [0, 0.05) is 25.5 Å². The van der Waals surface area contributed by atoms with Gasteiger partial charge in [-0.3, -0.25) is 14.0 Å². The molecular weight excluding hydrogens is 298 g/mol. The number of hydrogen-bond acceptors (Lipinski definition) is 4. The maximum absolute atomic E-state index is 11.9. The minimum absolute atomic E-state index is 0.0533. The number of nitrogens with two attached hydrogens (primary N) is 1. The van der Waals surface area contributed by atoms with Gasteiger partial charge in [0.2, 0.25) is 0 Å². The highest BCUT2D eigenvalue weighted by atomic mass is 79.9. The molecule has 0 saturated carbocycles. The monoisotopic (exact) mass is 311 g/mol. The lowest BCUT2D eigenvalue weighted by molar-refractivity contribution is 0.508. The molecule has 2 heterocycles. The van der Waals surface area contributed by atoms with Crippen LogP contribution in [0.15, 0.2) is 27.7 Å². The summed E-state index contributed by atoms with van der Waals surface area (Å²) in [6.45, 7) is 3.15. The molecule has 0 aliphatic carbocycles. The molecule has 0 amide bonds. The van der Waals surface area contributed by atoms with E-state index < -0.39 is 0 Å². The molecule has 0 spiro atoms. The number of nitrogens with zero attached hydrogens (tertiary/aromatic N) is 4. The summed E-state index contributed by atoms with van der Waals surface area (Å²) in [4.78, 5) is 16.0. The van der Waals surface area contributed by atoms with Crippen molar-refractivity contribution in [3.8, 4) is 0 Å². The van der Waals surface area contributed by atoms with Crippen LogP contribution in [0.5, 0.6) is 0 Å². The molecule has 0 fully saturated rings. The molecule has 0 atom stereocenters. The van der Waals surface area contributed by atoms with Crippen molar-refractivity contribution in [1.82, 2.24) is 19.3 Å². The van der Waals surface area contributed by atoms with E-state index >= 15 is 0 Å². The number of hydrogen-bond donors (Lipinski definition) is 1. The fourth-order valence-corrected chi connectivity index (χ4v) is 2.02. The fourth-order valence-electron chi connectivity index (χ4n) is 1.71. The zero-order valence-electron chi connectivity index (χ0n) is 10.0. The Morgan fingerprint density at radius 2 is 2.22 bits per heavy atom. The van der Waals surface area contributed by atoms with Gasteiger partial charge in [-0.15, -0.1) is 0 Å². The summed E-state index contributed by atoms with van der Waals surface area (Å²) in [5, 5.41) is 4.09. The van der Waals surface area contributed by atoms with Crippen LogP contribution < -0.4 is 11.3 Å². The largest absolute Gasteiger partial charge is 0.382 e. The van der Waals surface area contributed by atoms with Crippen molar-refractivity contribution in [3.63, 3.8) is 0 Å². The van der Waals surface area contributed by atoms with Crippen LogP contribution in [0.3, 0.4) is 0 Å². The third-order valence-corrected chi connectivity index (χ3v) is 3.18. The molecule has 2 aromatic rings. The maximum atomic E-state index is 11.9. The molecule has 0 aliphatic rings. The van der Waals surface area contributed by atoms with E-state index in [1.54, 1.807) is 15.3 Å². The van der Waals surface area contributed by atoms with Crippen LogP contribution >= 0.6 is 15.9 Å². The van der Waals surface area contributed by atoms with Gasteiger partial charge in [0.25, 0.3) is 5.56 Å². The number of aromatic nitrogens is 4. The Morgan fingerprint density at radius 3 is 2.89 bits per heavy atom. The average Bonchev–Trinajstić information content (AvgIpc) is 2.74. The number of rotatable bonds is 4. The third kappa shape index (κ3) is 2.79. The Hall–Kier alpha value is -1.63. The zero-order valence-corrected chi connectivity index (χ0v) is 11.6. The van der Waals surface area contributed by atoms with Crippen LogP contribution in [0.25, 0.3) is 0 Å². The Kier molecular flexibility index (Phi) is 3.81. The van der Waals surface area contributed by atoms with Gasteiger partial charge < -0.3 is 5.73 Å². The molecular formula is C11H14BrN5O. The second kappa shape index (κ2) is 5.34. The van der Waals surface area contributed by atoms with Gasteiger partial charge in [-0.1, -0.05) is 0 Å². The van der Waals surface area contributed by atoms with E-state index in [1.807, 2.05) is 13.1 Å². The first-order chi connectivity index (χ1) is 8.58. The molecule has 7 heteroatoms. The summed E-state index contributed by atoms with van der Waals surface area (Å²) in [6.07, 6.45) is 4.15. The van der Waals surface area contributed by atoms with Crippen molar-refractivity contribution in [3.05, 3.63) is 39.1 Å². The number of halogens is 1. The number of aryl methyl sites for hydroxylation is 2. The van der Waals surface area contributed by atoms with E-state index in [0.717, 1.165) is 13.0 Å². The Bertz CT molecular complexity index is 604. The second-order valence-corrected chi connectivity index (χ2v) is 4.82. The van der Waals surface area contributed by atoms with Gasteiger partial charge in [-0.05, 0) is 35.3 Å². The number of anilines is 1. The highest BCUT2D eigenvalue weighted by Gasteiger charge is 2.05. The van der Waals surface area contributed by atoms with E-state index in [9.17, 15) is 4.79 Å². The van der Waals surface area contributed by atoms with Gasteiger partial charge in [0.05, 0.1) is 0 Å². The van der Waals surface area contributed by atoms with Crippen molar-refractivity contribution in [2.24, 2.45) is 0 Å². The van der Waals surface area contributed by atoms with Crippen LogP contribution in [0.2, 0.25) is 0 Å². The minimum Gasteiger partial charge on any atom is -0.382 e. The normalized spacial score (nSPS) is 10.8. The fraction of sp³-hybridized carbons (Fsp3) is 0.364. The molecule has 18 heavy (non-hydrogen) atoms. The molecule has 0 aliphatic heterocycles. The van der Waals surface area contributed by atoms with Crippen molar-refractivity contribution >= 4 is 21.7 Å². The maximum Gasteiger partial charge on any atom is 0.267 e. The Labute approximate surface area is 113 Å². The van der Waals surface area contributed by atoms with E-state index in [4.69, 9.17) is 5.73 Å². The van der Waals surface area contributed by atoms with Gasteiger partial charge in [0.1, 0.15) is 16.1 Å². The molecule has 0 saturated heterocycles.